The maximum atomic E-state index is 11.4. The number of pyridine rings is 1. The first kappa shape index (κ1) is 38.9. The third-order valence-corrected chi connectivity index (χ3v) is 22.6. The molecule has 3 heterocycles. The zero-order valence-corrected chi connectivity index (χ0v) is 58.6. The van der Waals surface area contributed by atoms with Crippen LogP contribution in [0.5, 0.6) is 11.5 Å². The number of benzene rings is 13. The SMILES string of the molecule is [2H]c1c([2H])c([2H])c(-c2cc(-c3cccc(C(C)(C)C)c3)c(-[n+]3[c-]n(-c4cccc(Oc5ccc6c7ccccc7n(-c7cc(C([2H])([2H])[2H])c(-c8c([2H])c([2H])c([2H])c([2H])c8[2H])cn7)c6c5)c4)c4cc(-c5cc(C(C)(C)C)cc(C(C)(C)C)c5)ccc43)c(-c3c([2H])c([2H])c([2H])c([Si](c4c([2H])c([2H])c([2H])c([2H])c4[2H])(c4c([2H])c([2H])c([2H])c([2H])c4[2H])c4c([2H])c([2H])c([2H])c([2H])c4[2H])c3[2H])c2)c([2H])c1[2H]. The lowest BCUT2D eigenvalue weighted by Crippen LogP contribution is -2.74. The minimum Gasteiger partial charge on any atom is -0.458 e. The lowest BCUT2D eigenvalue weighted by atomic mass is 9.79. The highest BCUT2D eigenvalue weighted by molar-refractivity contribution is 7.20. The Hall–Kier alpha value is -11.7. The Bertz CT molecular complexity index is 7490. The highest BCUT2D eigenvalue weighted by atomic mass is 28.3. The topological polar surface area (TPSA) is 35.9 Å². The molecule has 0 radical (unpaired) electrons. The molecule has 103 heavy (non-hydrogen) atoms. The Kier molecular flexibility index (Phi) is 9.96. The van der Waals surface area contributed by atoms with E-state index in [4.69, 9.17) is 26.2 Å². The summed E-state index contributed by atoms with van der Waals surface area (Å²) in [6.45, 7) is 15.5. The van der Waals surface area contributed by atoms with Gasteiger partial charge in [0.2, 0.25) is 0 Å². The van der Waals surface area contributed by atoms with E-state index in [9.17, 15) is 27.4 Å². The van der Waals surface area contributed by atoms with E-state index in [1.165, 1.54) is 24.4 Å². The number of hydrogen-bond donors (Lipinski definition) is 0. The van der Waals surface area contributed by atoms with Gasteiger partial charge in [-0.1, -0.05) is 316 Å². The minimum atomic E-state index is -6.59. The van der Waals surface area contributed by atoms with E-state index < -0.39 is 244 Å². The normalized spacial score (nSPS) is 16.7. The standard InChI is InChI=1S/C97H84N4OSi/c1-66-53-93(98-64-88(66)68-33-18-12-19-34-68)101-89-48-27-26-47-84(89)85-51-50-79(63-91(85)101)102-78-39-30-38-77(62-78)99-65-100(90-52-49-69(60-92(90)99)72-55-75(96(5,6)7)61-76(56-72)97(8,9)10)94-86(70-35-28-37-74(54-70)95(2,3)4)58-73(67-31-16-11-17-32-67)59-87(94)71-36-29-46-83(57-71)103(80-40-20-13-21-41-80,81-42-22-14-23-43-81)82-44-24-15-25-45-82/h11-64H,1-10H3/i1D3,11D,12D,13D,14D,15D,16D,17D,18D,19D,20D,21D,22D,23D,24D,25D,29D,31D,32D,33D,34D,36D,40D,41D,42D,43D,44D,45D,46D,57D. The van der Waals surface area contributed by atoms with Crippen LogP contribution in [-0.4, -0.2) is 22.2 Å². The van der Waals surface area contributed by atoms with E-state index in [0.29, 0.717) is 49.7 Å². The molecule has 0 saturated carbocycles. The maximum Gasteiger partial charge on any atom is 0.269 e. The molecule has 0 amide bonds. The van der Waals surface area contributed by atoms with Crippen LogP contribution in [0.1, 0.15) is 128 Å². The number of hydrogen-bond acceptors (Lipinski definition) is 2. The number of imidazole rings is 1. The molecule has 0 aliphatic carbocycles. The first-order chi connectivity index (χ1) is 63.1. The average molecular weight is 1380 g/mol. The summed E-state index contributed by atoms with van der Waals surface area (Å²) in [7, 11) is -6.59. The largest absolute Gasteiger partial charge is 0.458 e. The number of ether oxygens (including phenoxy) is 1. The van der Waals surface area contributed by atoms with Gasteiger partial charge >= 0.3 is 0 Å². The Morgan fingerprint density at radius 1 is 0.408 bits per heavy atom. The fraction of sp³-hybridized carbons (Fsp3) is 0.134. The van der Waals surface area contributed by atoms with E-state index in [1.54, 1.807) is 80.4 Å². The van der Waals surface area contributed by atoms with Gasteiger partial charge in [0, 0.05) is 32.7 Å². The summed E-state index contributed by atoms with van der Waals surface area (Å²) in [5.41, 5.74) is 1.98. The Morgan fingerprint density at radius 3 is 1.60 bits per heavy atom. The van der Waals surface area contributed by atoms with Crippen LogP contribution < -0.4 is 30.1 Å². The fourth-order valence-corrected chi connectivity index (χ4v) is 16.8. The second-order valence-corrected chi connectivity index (χ2v) is 31.7. The molecular weight excluding hydrogens is 1270 g/mol. The first-order valence-electron chi connectivity index (χ1n) is 49.4. The lowest BCUT2D eigenvalue weighted by molar-refractivity contribution is -0.571. The Labute approximate surface area is 652 Å². The second kappa shape index (κ2) is 26.4. The predicted octanol–water partition coefficient (Wildman–Crippen LogP) is 21.9. The minimum absolute atomic E-state index is 0.0596. The van der Waals surface area contributed by atoms with Gasteiger partial charge in [-0.3, -0.25) is 13.7 Å². The van der Waals surface area contributed by atoms with E-state index in [0.717, 1.165) is 16.7 Å². The Balaban J connectivity index is 1.05. The third kappa shape index (κ3) is 12.4. The highest BCUT2D eigenvalue weighted by Gasteiger charge is 2.42. The molecule has 5 nitrogen and oxygen atoms in total. The first-order valence-corrected chi connectivity index (χ1v) is 35.4. The summed E-state index contributed by atoms with van der Waals surface area (Å²) in [5, 5.41) is -3.03. The van der Waals surface area contributed by atoms with E-state index in [-0.39, 0.29) is 56.3 Å². The molecule has 502 valence electrons. The number of aryl methyl sites for hydroxylation is 1. The van der Waals surface area contributed by atoms with Crippen LogP contribution in [0.25, 0.3) is 106 Å². The number of para-hydroxylation sites is 1. The summed E-state index contributed by atoms with van der Waals surface area (Å²) < 4.78 is 315. The molecule has 0 N–H and O–H groups in total. The van der Waals surface area contributed by atoms with Crippen LogP contribution in [-0.2, 0) is 16.2 Å². The van der Waals surface area contributed by atoms with Gasteiger partial charge < -0.3 is 4.74 Å². The van der Waals surface area contributed by atoms with Crippen LogP contribution in [0, 0.1) is 13.2 Å². The summed E-state index contributed by atoms with van der Waals surface area (Å²) >= 11 is 0. The van der Waals surface area contributed by atoms with E-state index >= 15 is 0 Å². The summed E-state index contributed by atoms with van der Waals surface area (Å²) in [5.74, 6) is 0.511. The molecule has 0 spiro atoms. The molecule has 0 saturated heterocycles. The van der Waals surface area contributed by atoms with Crippen molar-refractivity contribution in [3.05, 3.63) is 356 Å². The van der Waals surface area contributed by atoms with Crippen molar-refractivity contribution in [3.63, 3.8) is 0 Å². The van der Waals surface area contributed by atoms with Gasteiger partial charge in [0.15, 0.2) is 8.07 Å². The molecule has 3 aromatic heterocycles. The fourth-order valence-electron chi connectivity index (χ4n) is 13.2. The van der Waals surface area contributed by atoms with Gasteiger partial charge in [-0.05, 0) is 177 Å². The summed E-state index contributed by atoms with van der Waals surface area (Å²) in [6.07, 6.45) is 4.80. The highest BCUT2D eigenvalue weighted by Crippen LogP contribution is 2.43. The predicted molar refractivity (Wildman–Crippen MR) is 434 cm³/mol. The van der Waals surface area contributed by atoms with Crippen molar-refractivity contribution in [3.8, 4) is 84.3 Å². The Morgan fingerprint density at radius 2 is 0.961 bits per heavy atom. The van der Waals surface area contributed by atoms with Gasteiger partial charge in [-0.25, -0.2) is 4.98 Å². The quantitative estimate of drug-likeness (QED) is 0.0471. The van der Waals surface area contributed by atoms with Crippen LogP contribution in [0.2, 0.25) is 0 Å². The number of fused-ring (bicyclic) bond motifs is 4. The zero-order valence-electron chi connectivity index (χ0n) is 89.6. The molecule has 0 atom stereocenters. The van der Waals surface area contributed by atoms with Crippen LogP contribution in [0.15, 0.2) is 327 Å². The van der Waals surface area contributed by atoms with Gasteiger partial charge in [-0.15, -0.1) is 0 Å². The van der Waals surface area contributed by atoms with Crippen molar-refractivity contribution in [1.82, 2.24) is 14.1 Å². The van der Waals surface area contributed by atoms with E-state index in [2.05, 4.69) is 66.1 Å². The third-order valence-electron chi connectivity index (χ3n) is 18.6. The molecule has 0 bridgehead atoms. The molecule has 0 unspecified atom stereocenters. The molecule has 16 rings (SSSR count). The van der Waals surface area contributed by atoms with Crippen molar-refractivity contribution in [2.24, 2.45) is 0 Å². The molecule has 0 fully saturated rings. The van der Waals surface area contributed by atoms with E-state index in [1.807, 2.05) is 63.2 Å². The monoisotopic (exact) mass is 1380 g/mol. The van der Waals surface area contributed by atoms with Crippen molar-refractivity contribution >= 4 is 61.7 Å². The molecule has 13 aromatic carbocycles. The smallest absolute Gasteiger partial charge is 0.269 e. The van der Waals surface area contributed by atoms with Gasteiger partial charge in [0.25, 0.3) is 6.33 Å². The van der Waals surface area contributed by atoms with Crippen LogP contribution in [0.4, 0.5) is 0 Å². The molecule has 16 aromatic rings. The average Bonchev–Trinajstić information content (AvgIpc) is 1.32. The van der Waals surface area contributed by atoms with Gasteiger partial charge in [0.05, 0.1) is 73.2 Å². The number of nitrogens with zero attached hydrogens (tertiary/aromatic N) is 4. The number of rotatable bonds is 14. The molecular formula is C97H84N4OSi. The zero-order chi connectivity index (χ0) is 98.5. The second-order valence-electron chi connectivity index (χ2n) is 28.2. The summed E-state index contributed by atoms with van der Waals surface area (Å²) in [4.78, 5) is 4.77. The lowest BCUT2D eigenvalue weighted by Gasteiger charge is -2.34. The molecule has 6 heteroatoms. The van der Waals surface area contributed by atoms with Crippen LogP contribution in [0.3, 0.4) is 0 Å². The molecule has 0 aliphatic heterocycles. The van der Waals surface area contributed by atoms with Gasteiger partial charge in [0.1, 0.15) is 17.3 Å². The van der Waals surface area contributed by atoms with Crippen molar-refractivity contribution in [1.29, 1.82) is 0 Å². The van der Waals surface area contributed by atoms with Gasteiger partial charge in [-0.2, -0.15) is 0 Å². The van der Waals surface area contributed by atoms with Crippen LogP contribution >= 0.6 is 0 Å². The summed E-state index contributed by atoms with van der Waals surface area (Å²) in [6, 6.07) is 12.8. The maximum absolute atomic E-state index is 11.4. The van der Waals surface area contributed by atoms with Crippen molar-refractivity contribution in [2.75, 3.05) is 0 Å². The molecule has 0 aliphatic rings. The van der Waals surface area contributed by atoms with Crippen molar-refractivity contribution in [2.45, 2.75) is 85.4 Å². The number of aromatic nitrogens is 4. The van der Waals surface area contributed by atoms with Crippen molar-refractivity contribution < 1.29 is 53.2 Å².